The molecule has 4 rings (SSSR count). The Hall–Kier alpha value is -3.29. The van der Waals surface area contributed by atoms with Gasteiger partial charge in [0.2, 0.25) is 0 Å². The molecule has 1 saturated heterocycles. The highest BCUT2D eigenvalue weighted by Crippen LogP contribution is 2.46. The molecule has 29 heavy (non-hydrogen) atoms. The molecule has 2 fully saturated rings. The van der Waals surface area contributed by atoms with E-state index in [1.165, 1.54) is 17.0 Å². The highest BCUT2D eigenvalue weighted by Gasteiger charge is 2.57. The Kier molecular flexibility index (Phi) is 4.56. The van der Waals surface area contributed by atoms with Crippen molar-refractivity contribution in [2.45, 2.75) is 38.1 Å². The minimum atomic E-state index is -0.843. The van der Waals surface area contributed by atoms with E-state index in [4.69, 9.17) is 24.1 Å². The summed E-state index contributed by atoms with van der Waals surface area (Å²) in [6.45, 7) is 9.04. The number of aryl methyl sites for hydroxylation is 1. The zero-order valence-corrected chi connectivity index (χ0v) is 16.6. The maximum Gasteiger partial charge on any atom is 0.259 e. The summed E-state index contributed by atoms with van der Waals surface area (Å²) in [7, 11) is 0. The van der Waals surface area contributed by atoms with Crippen LogP contribution in [0.15, 0.2) is 36.4 Å². The molecule has 2 aliphatic rings. The van der Waals surface area contributed by atoms with Crippen molar-refractivity contribution in [3.05, 3.63) is 64.8 Å². The summed E-state index contributed by atoms with van der Waals surface area (Å²) < 4.78 is 14.3. The van der Waals surface area contributed by atoms with E-state index in [1.807, 2.05) is 13.0 Å². The Balaban J connectivity index is 1.84. The molecule has 2 aromatic rings. The fourth-order valence-electron chi connectivity index (χ4n) is 4.29. The van der Waals surface area contributed by atoms with E-state index in [2.05, 4.69) is 4.85 Å². The average Bonchev–Trinajstić information content (AvgIpc) is 3.26. The second-order valence-electron chi connectivity index (χ2n) is 7.36. The Morgan fingerprint density at radius 3 is 2.48 bits per heavy atom. The Morgan fingerprint density at radius 2 is 1.90 bits per heavy atom. The molecule has 0 aromatic heterocycles. The number of hydrogen-bond donors (Lipinski definition) is 0. The quantitative estimate of drug-likeness (QED) is 0.522. The van der Waals surface area contributed by atoms with E-state index in [0.717, 1.165) is 18.4 Å². The molecule has 1 aliphatic heterocycles. The van der Waals surface area contributed by atoms with Crippen LogP contribution in [-0.2, 0) is 4.79 Å². The fourth-order valence-corrected chi connectivity index (χ4v) is 4.76. The topological polar surface area (TPSA) is 51.7 Å². The Labute approximate surface area is 173 Å². The van der Waals surface area contributed by atoms with Crippen LogP contribution < -0.4 is 9.80 Å². The Morgan fingerprint density at radius 1 is 1.21 bits per heavy atom. The minimum Gasteiger partial charge on any atom is -0.303 e. The smallest absolute Gasteiger partial charge is 0.259 e. The maximum absolute atomic E-state index is 14.3. The largest absolute Gasteiger partial charge is 0.303 e. The summed E-state index contributed by atoms with van der Waals surface area (Å²) in [5, 5.41) is 9.31. The van der Waals surface area contributed by atoms with Crippen LogP contribution in [0.4, 0.5) is 21.5 Å². The van der Waals surface area contributed by atoms with Crippen molar-refractivity contribution >= 4 is 40.3 Å². The number of hydrogen-bond acceptors (Lipinski definition) is 3. The van der Waals surface area contributed by atoms with Crippen LogP contribution >= 0.6 is 12.2 Å². The summed E-state index contributed by atoms with van der Waals surface area (Å²) in [5.74, 6) is -0.760. The van der Waals surface area contributed by atoms with Gasteiger partial charge in [-0.25, -0.2) is 9.24 Å². The number of carbonyl (C=O) groups excluding carboxylic acids is 1. The van der Waals surface area contributed by atoms with Crippen LogP contribution in [0.5, 0.6) is 0 Å². The first kappa shape index (κ1) is 19.0. The zero-order valence-electron chi connectivity index (χ0n) is 15.8. The van der Waals surface area contributed by atoms with Crippen molar-refractivity contribution in [3.63, 3.8) is 0 Å². The molecule has 1 amide bonds. The second kappa shape index (κ2) is 6.95. The highest BCUT2D eigenvalue weighted by molar-refractivity contribution is 7.81. The number of nitriles is 1. The number of carbonyl (C=O) groups is 1. The molecule has 0 atom stereocenters. The van der Waals surface area contributed by atoms with Crippen molar-refractivity contribution < 1.29 is 9.18 Å². The van der Waals surface area contributed by atoms with Gasteiger partial charge in [0, 0.05) is 11.4 Å². The summed E-state index contributed by atoms with van der Waals surface area (Å²) in [4.78, 5) is 20.3. The number of anilines is 2. The van der Waals surface area contributed by atoms with E-state index in [1.54, 1.807) is 29.2 Å². The molecule has 1 aliphatic carbocycles. The van der Waals surface area contributed by atoms with Crippen molar-refractivity contribution in [1.82, 2.24) is 0 Å². The minimum absolute atomic E-state index is 0.0483. The van der Waals surface area contributed by atoms with Crippen LogP contribution in [0.2, 0.25) is 0 Å². The number of halogens is 1. The molecule has 144 valence electrons. The SMILES string of the molecule is [C-]#[N+]c1ccc(N2C(=O)C3(CCCC3)N(c3ccc(C#N)c(F)c3)C2=S)cc1C. The lowest BCUT2D eigenvalue weighted by Crippen LogP contribution is -2.47. The summed E-state index contributed by atoms with van der Waals surface area (Å²) >= 11 is 5.70. The number of benzene rings is 2. The van der Waals surface area contributed by atoms with Gasteiger partial charge in [-0.2, -0.15) is 5.26 Å². The van der Waals surface area contributed by atoms with Crippen molar-refractivity contribution in [2.24, 2.45) is 0 Å². The zero-order chi connectivity index (χ0) is 20.8. The van der Waals surface area contributed by atoms with Crippen LogP contribution in [-0.4, -0.2) is 16.6 Å². The van der Waals surface area contributed by atoms with Gasteiger partial charge in [0.25, 0.3) is 5.91 Å². The highest BCUT2D eigenvalue weighted by atomic mass is 32.1. The van der Waals surface area contributed by atoms with Gasteiger partial charge in [-0.05, 0) is 67.9 Å². The molecule has 0 unspecified atom stereocenters. The lowest BCUT2D eigenvalue weighted by atomic mass is 9.94. The van der Waals surface area contributed by atoms with Gasteiger partial charge in [-0.1, -0.05) is 18.9 Å². The molecule has 1 heterocycles. The van der Waals surface area contributed by atoms with Crippen molar-refractivity contribution in [1.29, 1.82) is 5.26 Å². The third-order valence-electron chi connectivity index (χ3n) is 5.73. The lowest BCUT2D eigenvalue weighted by Gasteiger charge is -2.32. The fraction of sp³-hybridized carbons (Fsp3) is 0.273. The standard InChI is InChI=1S/C22H17FN4OS/c1-14-11-16(7-8-19(14)25-2)26-20(28)22(9-3-4-10-22)27(21(26)29)17-6-5-15(13-24)18(23)12-17/h5-8,11-12H,3-4,9-10H2,1H3. The van der Waals surface area contributed by atoms with Crippen LogP contribution in [0.3, 0.4) is 0 Å². The normalized spacial score (nSPS) is 17.7. The van der Waals surface area contributed by atoms with E-state index in [9.17, 15) is 9.18 Å². The van der Waals surface area contributed by atoms with Gasteiger partial charge in [0.05, 0.1) is 12.1 Å². The first-order valence-electron chi connectivity index (χ1n) is 9.29. The van der Waals surface area contributed by atoms with Crippen molar-refractivity contribution in [2.75, 3.05) is 9.80 Å². The second-order valence-corrected chi connectivity index (χ2v) is 7.72. The van der Waals surface area contributed by atoms with Gasteiger partial charge in [0.1, 0.15) is 17.4 Å². The summed E-state index contributed by atoms with van der Waals surface area (Å²) in [5.41, 5.74) is 1.47. The van der Waals surface area contributed by atoms with E-state index >= 15 is 0 Å². The third-order valence-corrected chi connectivity index (χ3v) is 6.10. The maximum atomic E-state index is 14.3. The molecule has 5 nitrogen and oxygen atoms in total. The van der Waals surface area contributed by atoms with Gasteiger partial charge in [-0.3, -0.25) is 9.69 Å². The molecule has 0 bridgehead atoms. The molecule has 1 spiro atoms. The van der Waals surface area contributed by atoms with Crippen LogP contribution in [0.1, 0.15) is 36.8 Å². The molecule has 0 radical (unpaired) electrons. The van der Waals surface area contributed by atoms with Gasteiger partial charge >= 0.3 is 0 Å². The summed E-state index contributed by atoms with van der Waals surface area (Å²) in [6, 6.07) is 11.3. The average molecular weight is 404 g/mol. The predicted octanol–water partition coefficient (Wildman–Crippen LogP) is 5.01. The van der Waals surface area contributed by atoms with E-state index in [0.29, 0.717) is 29.9 Å². The van der Waals surface area contributed by atoms with Gasteiger partial charge in [-0.15, -0.1) is 0 Å². The number of rotatable bonds is 2. The number of amides is 1. The molecule has 7 heteroatoms. The molecule has 1 saturated carbocycles. The first-order chi connectivity index (χ1) is 13.9. The number of nitrogens with zero attached hydrogens (tertiary/aromatic N) is 4. The molecular formula is C22H17FN4OS. The monoisotopic (exact) mass is 404 g/mol. The summed E-state index contributed by atoms with van der Waals surface area (Å²) in [6.07, 6.45) is 3.02. The van der Waals surface area contributed by atoms with Crippen LogP contribution in [0.25, 0.3) is 4.85 Å². The third kappa shape index (κ3) is 2.78. The van der Waals surface area contributed by atoms with Crippen molar-refractivity contribution in [3.8, 4) is 6.07 Å². The predicted molar refractivity (Wildman–Crippen MR) is 112 cm³/mol. The first-order valence-corrected chi connectivity index (χ1v) is 9.70. The molecular weight excluding hydrogens is 387 g/mol. The lowest BCUT2D eigenvalue weighted by molar-refractivity contribution is -0.121. The number of thiocarbonyl (C=S) groups is 1. The van der Waals surface area contributed by atoms with Gasteiger partial charge < -0.3 is 4.90 Å². The molecule has 0 N–H and O–H groups in total. The molecule has 2 aromatic carbocycles. The Bertz CT molecular complexity index is 1120. The van der Waals surface area contributed by atoms with E-state index in [-0.39, 0.29) is 16.6 Å². The van der Waals surface area contributed by atoms with Gasteiger partial charge in [0.15, 0.2) is 10.8 Å². The van der Waals surface area contributed by atoms with Crippen LogP contribution in [0, 0.1) is 30.6 Å². The van der Waals surface area contributed by atoms with E-state index < -0.39 is 11.4 Å².